The number of nitrogens with one attached hydrogen (secondary N) is 7. The highest BCUT2D eigenvalue weighted by atomic mass is 35.7. The molecule has 0 aliphatic carbocycles. The van der Waals surface area contributed by atoms with Crippen LogP contribution in [0.25, 0.3) is 44.7 Å². The number of rotatable bonds is 33. The summed E-state index contributed by atoms with van der Waals surface area (Å²) >= 11 is 11.9. The third kappa shape index (κ3) is 29.7. The van der Waals surface area contributed by atoms with Gasteiger partial charge in [-0.15, -0.1) is 10.2 Å². The summed E-state index contributed by atoms with van der Waals surface area (Å²) in [6, 6.07) is 21.6. The van der Waals surface area contributed by atoms with E-state index in [1.54, 1.807) is 88.4 Å². The van der Waals surface area contributed by atoms with Crippen LogP contribution in [-0.4, -0.2) is 289 Å². The van der Waals surface area contributed by atoms with E-state index in [9.17, 15) is 63.2 Å². The molecule has 13 heterocycles. The second kappa shape index (κ2) is 53.0. The molecule has 15 rings (SSSR count). The van der Waals surface area contributed by atoms with Gasteiger partial charge in [-0.1, -0.05) is 133 Å². The number of carbonyl (C=O) groups excluding carboxylic acids is 4. The van der Waals surface area contributed by atoms with Crippen LogP contribution in [0, 0.1) is 34.5 Å². The molecule has 47 nitrogen and oxygen atoms in total. The average molecular weight is 2170 g/mol. The van der Waals surface area contributed by atoms with Gasteiger partial charge in [0, 0.05) is 35.0 Å². The second-order valence-electron chi connectivity index (χ2n) is 37.5. The lowest BCUT2D eigenvalue weighted by Crippen LogP contribution is -2.44. The Morgan fingerprint density at radius 1 is 0.544 bits per heavy atom. The highest BCUT2D eigenvalue weighted by Gasteiger charge is 2.54. The molecular weight excluding hydrogens is 2040 g/mol. The number of aromatic amines is 3. The second-order valence-corrected chi connectivity index (χ2v) is 52.1. The summed E-state index contributed by atoms with van der Waals surface area (Å²) in [6.07, 6.45) is -15.1. The number of aliphatic hydroxyl groups excluding tert-OH is 4. The predicted octanol–water partition coefficient (Wildman–Crippen LogP) is 12.8. The van der Waals surface area contributed by atoms with Crippen LogP contribution in [0.4, 0.5) is 41.1 Å². The number of amides is 4. The van der Waals surface area contributed by atoms with Crippen molar-refractivity contribution in [2.24, 2.45) is 11.8 Å². The van der Waals surface area contributed by atoms with Crippen LogP contribution >= 0.6 is 25.6 Å². The van der Waals surface area contributed by atoms with Gasteiger partial charge in [0.15, 0.2) is 129 Å². The van der Waals surface area contributed by atoms with Gasteiger partial charge in [0.05, 0.1) is 89.9 Å². The number of nitriles is 2. The number of alkyl halides is 4. The van der Waals surface area contributed by atoms with E-state index in [1.165, 1.54) is 56.2 Å². The minimum atomic E-state index is -4.19. The zero-order valence-electron chi connectivity index (χ0n) is 82.0. The number of fused-ring (bicyclic) bond motifs is 4. The fourth-order valence-corrected chi connectivity index (χ4v) is 20.4. The van der Waals surface area contributed by atoms with E-state index >= 15 is 8.78 Å². The summed E-state index contributed by atoms with van der Waals surface area (Å²) < 4.78 is 129. The molecule has 18 atom stereocenters. The van der Waals surface area contributed by atoms with Gasteiger partial charge in [-0.3, -0.25) is 72.2 Å². The van der Waals surface area contributed by atoms with Gasteiger partial charge in [-0.05, 0) is 111 Å². The fraction of sp³-hybridized carbons (Fsp3) is 0.567. The molecule has 57 heteroatoms. The monoisotopic (exact) mass is 2170 g/mol. The van der Waals surface area contributed by atoms with Crippen molar-refractivity contribution in [3.63, 3.8) is 0 Å². The van der Waals surface area contributed by atoms with Gasteiger partial charge < -0.3 is 72.4 Å². The highest BCUT2D eigenvalue weighted by molar-refractivity contribution is 8.07. The minimum absolute atomic E-state index is 0. The Morgan fingerprint density at radius 3 is 1.35 bits per heavy atom. The highest BCUT2D eigenvalue weighted by Crippen LogP contribution is 2.56. The Labute approximate surface area is 858 Å². The number of carbonyl (C=O) groups is 4. The number of imidazole rings is 4. The van der Waals surface area contributed by atoms with Crippen LogP contribution in [0.15, 0.2) is 115 Å². The molecule has 2 unspecified atom stereocenters. The Bertz CT molecular complexity index is 6400. The van der Waals surface area contributed by atoms with Crippen molar-refractivity contribution < 1.29 is 103 Å². The molecule has 0 bridgehead atoms. The molecule has 4 aliphatic rings. The first-order chi connectivity index (χ1) is 68.0. The van der Waals surface area contributed by atoms with E-state index in [2.05, 4.69) is 168 Å². The molecule has 4 saturated heterocycles. The van der Waals surface area contributed by atoms with Crippen LogP contribution in [0.5, 0.6) is 0 Å². The van der Waals surface area contributed by atoms with Crippen molar-refractivity contribution in [2.45, 2.75) is 279 Å². The summed E-state index contributed by atoms with van der Waals surface area (Å²) in [6.45, 7) is 30.0. The lowest BCUT2D eigenvalue weighted by Gasteiger charge is -2.37. The van der Waals surface area contributed by atoms with Gasteiger partial charge in [-0.2, -0.15) is 25.7 Å². The molecule has 2 aromatic carbocycles. The van der Waals surface area contributed by atoms with Crippen molar-refractivity contribution in [3.8, 4) is 12.1 Å². The van der Waals surface area contributed by atoms with Gasteiger partial charge >= 0.3 is 6.72 Å². The van der Waals surface area contributed by atoms with Crippen molar-refractivity contribution in [2.75, 3.05) is 60.9 Å². The van der Waals surface area contributed by atoms with Crippen molar-refractivity contribution >= 4 is 146 Å². The van der Waals surface area contributed by atoms with Crippen LogP contribution in [0.1, 0.15) is 178 Å². The van der Waals surface area contributed by atoms with E-state index in [0.29, 0.717) is 36.2 Å². The SMILES string of the molecule is C.C.C.CC(C)C(=O)Nc1nc2c(ncn2[C@@H]2O[C@H](CO[Si](C)(C)C(C)(C)C)[C@@H](F)[C@@H]2O)c(=O)[nH]1.CC(C)C(=O)Nc1nc2c(ncn2[C@@H]2O[C@H](CO[Si](C)(C)C(C)(C)C)[C@@H](F)[C@@H]2OP(=S)(OCCC#N)OC[C@H]2O[C@@H](n3cnc4c(NC(=O)c5ccccc5)ncnc43)[C@@H](F)[C@@H]2O)c(=O)[nH]1.CC(C)N(C(C)C)P(Cl)OCCC#N.O=C(Nc1ncnc2c1ncn2[C@@H]1O[C@H](CO)[C@@H](O)[C@@H]1F)c1ccccc1.c1nn[nH]n1. The van der Waals surface area contributed by atoms with E-state index in [4.69, 9.17) is 74.2 Å². The number of benzene rings is 2. The lowest BCUT2D eigenvalue weighted by atomic mass is 10.1. The fourth-order valence-electron chi connectivity index (χ4n) is 14.0. The van der Waals surface area contributed by atoms with Gasteiger partial charge in [0.25, 0.3) is 22.9 Å². The van der Waals surface area contributed by atoms with E-state index < -0.39 is 171 Å². The molecular formula is C90H130ClF4N27O20P2SSi2. The lowest BCUT2D eigenvalue weighted by molar-refractivity contribution is -0.119. The molecule has 804 valence electrons. The first-order valence-electron chi connectivity index (χ1n) is 45.6. The number of aromatic nitrogens is 20. The van der Waals surface area contributed by atoms with Gasteiger partial charge in [-0.25, -0.2) is 62.1 Å². The number of nitrogens with zero attached hydrogens (tertiary/aromatic N) is 20. The Kier molecular flexibility index (Phi) is 43.7. The third-order valence-corrected chi connectivity index (χ3v) is 37.8. The van der Waals surface area contributed by atoms with E-state index in [1.807, 2.05) is 46.0 Å². The van der Waals surface area contributed by atoms with Crippen molar-refractivity contribution in [3.05, 3.63) is 137 Å². The molecule has 11 N–H and O–H groups in total. The number of H-pyrrole nitrogens is 3. The molecule has 4 fully saturated rings. The summed E-state index contributed by atoms with van der Waals surface area (Å²) in [7, 11) is -5.69. The number of hydrogen-bond acceptors (Lipinski definition) is 37. The third-order valence-electron chi connectivity index (χ3n) is 23.9. The molecule has 0 saturated carbocycles. The minimum Gasteiger partial charge on any atom is -0.414 e. The molecule has 0 radical (unpaired) electrons. The smallest absolute Gasteiger partial charge is 0.327 e. The quantitative estimate of drug-likeness (QED) is 0.00787. The maximum Gasteiger partial charge on any atom is 0.327 e. The van der Waals surface area contributed by atoms with Gasteiger partial charge in [0.1, 0.15) is 61.5 Å². The summed E-state index contributed by atoms with van der Waals surface area (Å²) in [4.78, 5) is 122. The van der Waals surface area contributed by atoms with E-state index in [0.717, 1.165) is 6.33 Å². The topological polar surface area (TPSA) is 609 Å². The Hall–Kier alpha value is -10.9. The first kappa shape index (κ1) is 121. The van der Waals surface area contributed by atoms with Gasteiger partial charge in [0.2, 0.25) is 31.4 Å². The van der Waals surface area contributed by atoms with Crippen molar-refractivity contribution in [1.82, 2.24) is 103 Å². The number of hydrogen-bond donors (Lipinski definition) is 11. The number of ether oxygens (including phenoxy) is 4. The number of anilines is 4. The Balaban J connectivity index is 0.000000268. The summed E-state index contributed by atoms with van der Waals surface area (Å²) in [5, 5.41) is 80.6. The zero-order valence-corrected chi connectivity index (χ0v) is 87.3. The van der Waals surface area contributed by atoms with Crippen LogP contribution in [-0.2, 0) is 67.3 Å². The Morgan fingerprint density at radius 2 is 0.952 bits per heavy atom. The molecule has 11 aromatic rings. The molecule has 4 amide bonds. The van der Waals surface area contributed by atoms with E-state index in [-0.39, 0.29) is 145 Å². The number of halogens is 5. The molecule has 4 aliphatic heterocycles. The normalized spacial score (nSPS) is 22.5. The first-order valence-corrected chi connectivity index (χ1v) is 56.1. The maximum atomic E-state index is 17.0. The predicted molar refractivity (Wildman–Crippen MR) is 546 cm³/mol. The van der Waals surface area contributed by atoms with Crippen LogP contribution < -0.4 is 32.4 Å². The molecule has 9 aromatic heterocycles. The standard InChI is InChI=1S/C40H50F2N11O10PSSi.C20H32FN5O5Si.C17H16FN5O4.C9H18ClN2OP.CH2N4.3CH4/c1-21(2)34(55)50-39-49-33-28(36(57)51-39)47-20-53(33)38-30(25(41)23(61-38)17-60-66(6,7)40(3,4)5)63-64(65,58-15-11-14-43)59-16-24-29(54)26(42)37(62-24)52-19-46-27-31(44-18-45-32(27)52)48-35(56)22-12-9-8-10-13-22;1-10(2)16(28)24-19-23-15-13(17(29)25-19)22-9-26(15)18-14(27)12(21)11(31-18)8-30-32(6,7)20(3,4)5;18-11-13(25)10(6-24)27-17(11)23-8-21-12-14(19-7-20-15(12)23)22-16(26)9-4-2-1-3-5-9;1-8(2)12(9(3)4)14(10)13-7-5-6-11;1-2-4-5-3-1;;;/h8-10,12-13,18-21,23-26,29-30,37-38,54H,11,15-17H2,1-7H3,(H,44,45,48,56)(H2,49,50,51,55,57);9-12,14,18,27H,8H2,1-7H3,(H2,23,24,25,28,29);1-5,7-8,10-11,13,17,24-25H,6H2,(H,19,20,22,26);8-9H,5,7H2,1-4H3;1H,(H,2,3,4,5);3*1H4/t23-,24-,25-,26+,29-,30+,37-,38-,64?;11-,12-,14+,18-;10-,11+,13-,17-;;;;;/m111...../s1. The van der Waals surface area contributed by atoms with Crippen LogP contribution in [0.3, 0.4) is 0 Å². The summed E-state index contributed by atoms with van der Waals surface area (Å²) in [5.41, 5.74) is -0.0118. The van der Waals surface area contributed by atoms with Crippen molar-refractivity contribution in [1.29, 1.82) is 10.5 Å². The van der Waals surface area contributed by atoms with Crippen LogP contribution in [0.2, 0.25) is 36.3 Å². The number of aliphatic hydroxyl groups is 4. The molecule has 147 heavy (non-hydrogen) atoms. The largest absolute Gasteiger partial charge is 0.414 e. The average Bonchev–Trinajstić information content (AvgIpc) is 1.57. The number of tetrazole rings is 1. The zero-order chi connectivity index (χ0) is 105. The maximum absolute atomic E-state index is 17.0. The molecule has 0 spiro atoms. The summed E-state index contributed by atoms with van der Waals surface area (Å²) in [5.74, 6) is -2.44.